The highest BCUT2D eigenvalue weighted by molar-refractivity contribution is 5.92. The number of nitrogens with zero attached hydrogens (tertiary/aromatic N) is 2. The number of hydrogen-bond acceptors (Lipinski definition) is 5. The SMILES string of the molecule is COc1ccccc1NC(=O)CCN1CCN(CC(=O)NCC(C)C)CC1. The van der Waals surface area contributed by atoms with Crippen LogP contribution in [0, 0.1) is 5.92 Å². The van der Waals surface area contributed by atoms with Crippen molar-refractivity contribution in [3.05, 3.63) is 24.3 Å². The van der Waals surface area contributed by atoms with Gasteiger partial charge in [0.1, 0.15) is 5.75 Å². The monoisotopic (exact) mass is 376 g/mol. The number of ether oxygens (including phenoxy) is 1. The third-order valence-electron chi connectivity index (χ3n) is 4.58. The topological polar surface area (TPSA) is 73.9 Å². The maximum Gasteiger partial charge on any atom is 0.234 e. The Hall–Kier alpha value is -2.12. The largest absolute Gasteiger partial charge is 0.495 e. The Morgan fingerprint density at radius 2 is 1.74 bits per heavy atom. The molecule has 27 heavy (non-hydrogen) atoms. The molecule has 0 aromatic heterocycles. The molecule has 2 amide bonds. The Morgan fingerprint density at radius 3 is 2.41 bits per heavy atom. The van der Waals surface area contributed by atoms with Crippen LogP contribution in [-0.4, -0.2) is 74.5 Å². The molecule has 2 rings (SSSR count). The molecular weight excluding hydrogens is 344 g/mol. The molecule has 150 valence electrons. The van der Waals surface area contributed by atoms with Crippen molar-refractivity contribution >= 4 is 17.5 Å². The second kappa shape index (κ2) is 10.9. The predicted molar refractivity (Wildman–Crippen MR) is 107 cm³/mol. The first-order chi connectivity index (χ1) is 13.0. The molecule has 7 heteroatoms. The highest BCUT2D eigenvalue weighted by Gasteiger charge is 2.19. The van der Waals surface area contributed by atoms with Gasteiger partial charge in [0.15, 0.2) is 0 Å². The van der Waals surface area contributed by atoms with Crippen LogP contribution in [0.4, 0.5) is 5.69 Å². The van der Waals surface area contributed by atoms with Gasteiger partial charge in [0.25, 0.3) is 0 Å². The summed E-state index contributed by atoms with van der Waals surface area (Å²) in [5, 5.41) is 5.86. The van der Waals surface area contributed by atoms with E-state index in [4.69, 9.17) is 4.74 Å². The fraction of sp³-hybridized carbons (Fsp3) is 0.600. The number of amides is 2. The molecule has 1 aliphatic rings. The standard InChI is InChI=1S/C20H32N4O3/c1-16(2)14-21-20(26)15-24-12-10-23(11-13-24)9-8-19(25)22-17-6-4-5-7-18(17)27-3/h4-7,16H,8-15H2,1-3H3,(H,21,26)(H,22,25). The molecule has 7 nitrogen and oxygen atoms in total. The van der Waals surface area contributed by atoms with Gasteiger partial charge in [0.05, 0.1) is 19.3 Å². The third kappa shape index (κ3) is 7.56. The highest BCUT2D eigenvalue weighted by Crippen LogP contribution is 2.23. The average molecular weight is 377 g/mol. The van der Waals surface area contributed by atoms with E-state index in [9.17, 15) is 9.59 Å². The Labute approximate surface area is 162 Å². The van der Waals surface area contributed by atoms with Gasteiger partial charge >= 0.3 is 0 Å². The number of piperazine rings is 1. The van der Waals surface area contributed by atoms with Gasteiger partial charge in [-0.1, -0.05) is 26.0 Å². The van der Waals surface area contributed by atoms with Crippen molar-refractivity contribution in [3.63, 3.8) is 0 Å². The van der Waals surface area contributed by atoms with Gasteiger partial charge in [-0.05, 0) is 18.1 Å². The minimum atomic E-state index is -0.0185. The van der Waals surface area contributed by atoms with Crippen molar-refractivity contribution in [1.82, 2.24) is 15.1 Å². The van der Waals surface area contributed by atoms with Gasteiger partial charge in [-0.2, -0.15) is 0 Å². The van der Waals surface area contributed by atoms with Crippen LogP contribution in [-0.2, 0) is 9.59 Å². The molecule has 0 spiro atoms. The lowest BCUT2D eigenvalue weighted by Crippen LogP contribution is -2.50. The van der Waals surface area contributed by atoms with Crippen molar-refractivity contribution in [3.8, 4) is 5.75 Å². The van der Waals surface area contributed by atoms with E-state index in [1.807, 2.05) is 24.3 Å². The minimum Gasteiger partial charge on any atom is -0.495 e. The van der Waals surface area contributed by atoms with E-state index in [1.165, 1.54) is 0 Å². The van der Waals surface area contributed by atoms with Gasteiger partial charge in [-0.15, -0.1) is 0 Å². The van der Waals surface area contributed by atoms with Crippen LogP contribution >= 0.6 is 0 Å². The molecule has 1 aromatic carbocycles. The Morgan fingerprint density at radius 1 is 1.07 bits per heavy atom. The zero-order valence-corrected chi connectivity index (χ0v) is 16.7. The smallest absolute Gasteiger partial charge is 0.234 e. The number of carbonyl (C=O) groups is 2. The van der Waals surface area contributed by atoms with Gasteiger partial charge < -0.3 is 20.3 Å². The van der Waals surface area contributed by atoms with E-state index in [2.05, 4.69) is 34.3 Å². The first-order valence-corrected chi connectivity index (χ1v) is 9.62. The Kier molecular flexibility index (Phi) is 8.54. The molecule has 0 atom stereocenters. The van der Waals surface area contributed by atoms with Gasteiger partial charge in [-0.3, -0.25) is 14.5 Å². The molecule has 0 bridgehead atoms. The average Bonchev–Trinajstić information content (AvgIpc) is 2.66. The zero-order valence-electron chi connectivity index (χ0n) is 16.7. The van der Waals surface area contributed by atoms with Crippen LogP contribution in [0.5, 0.6) is 5.75 Å². The molecule has 0 radical (unpaired) electrons. The summed E-state index contributed by atoms with van der Waals surface area (Å²) in [6.07, 6.45) is 0.437. The number of carbonyl (C=O) groups excluding carboxylic acids is 2. The Balaban J connectivity index is 1.65. The molecule has 1 aliphatic heterocycles. The first kappa shape index (κ1) is 21.2. The van der Waals surface area contributed by atoms with Crippen molar-refractivity contribution < 1.29 is 14.3 Å². The maximum atomic E-state index is 12.2. The molecule has 1 fully saturated rings. The highest BCUT2D eigenvalue weighted by atomic mass is 16.5. The number of para-hydroxylation sites is 2. The van der Waals surface area contributed by atoms with Gasteiger partial charge in [-0.25, -0.2) is 0 Å². The lowest BCUT2D eigenvalue weighted by atomic mass is 10.2. The predicted octanol–water partition coefficient (Wildman–Crippen LogP) is 1.41. The number of nitrogens with one attached hydrogen (secondary N) is 2. The van der Waals surface area contributed by atoms with Gasteiger partial charge in [0, 0.05) is 45.7 Å². The van der Waals surface area contributed by atoms with Crippen LogP contribution in [0.1, 0.15) is 20.3 Å². The molecule has 1 saturated heterocycles. The van der Waals surface area contributed by atoms with Gasteiger partial charge in [0.2, 0.25) is 11.8 Å². The molecule has 0 unspecified atom stereocenters. The first-order valence-electron chi connectivity index (χ1n) is 9.62. The summed E-state index contributed by atoms with van der Waals surface area (Å²) in [6.45, 7) is 9.51. The van der Waals surface area contributed by atoms with Crippen molar-refractivity contribution in [1.29, 1.82) is 0 Å². The zero-order chi connectivity index (χ0) is 19.6. The summed E-state index contributed by atoms with van der Waals surface area (Å²) in [5.41, 5.74) is 0.697. The van der Waals surface area contributed by atoms with E-state index < -0.39 is 0 Å². The van der Waals surface area contributed by atoms with Crippen molar-refractivity contribution in [2.75, 3.05) is 58.2 Å². The molecule has 0 aliphatic carbocycles. The van der Waals surface area contributed by atoms with E-state index in [0.717, 1.165) is 32.7 Å². The van der Waals surface area contributed by atoms with E-state index in [-0.39, 0.29) is 11.8 Å². The summed E-state index contributed by atoms with van der Waals surface area (Å²) in [7, 11) is 1.59. The lowest BCUT2D eigenvalue weighted by Gasteiger charge is -2.34. The Bertz CT molecular complexity index is 613. The lowest BCUT2D eigenvalue weighted by molar-refractivity contribution is -0.122. The van der Waals surface area contributed by atoms with E-state index in [0.29, 0.717) is 36.9 Å². The van der Waals surface area contributed by atoms with E-state index in [1.54, 1.807) is 7.11 Å². The van der Waals surface area contributed by atoms with Crippen LogP contribution in [0.25, 0.3) is 0 Å². The number of rotatable bonds is 9. The fourth-order valence-electron chi connectivity index (χ4n) is 2.97. The quantitative estimate of drug-likeness (QED) is 0.682. The van der Waals surface area contributed by atoms with Crippen molar-refractivity contribution in [2.24, 2.45) is 5.92 Å². The van der Waals surface area contributed by atoms with Crippen molar-refractivity contribution in [2.45, 2.75) is 20.3 Å². The summed E-state index contributed by atoms with van der Waals surface area (Å²) < 4.78 is 5.25. The number of hydrogen-bond donors (Lipinski definition) is 2. The van der Waals surface area contributed by atoms with Crippen LogP contribution in [0.2, 0.25) is 0 Å². The molecule has 2 N–H and O–H groups in total. The molecule has 1 heterocycles. The van der Waals surface area contributed by atoms with E-state index >= 15 is 0 Å². The fourth-order valence-corrected chi connectivity index (χ4v) is 2.97. The molecular formula is C20H32N4O3. The summed E-state index contributed by atoms with van der Waals surface area (Å²) >= 11 is 0. The van der Waals surface area contributed by atoms with Crippen LogP contribution in [0.15, 0.2) is 24.3 Å². The number of anilines is 1. The molecule has 0 saturated carbocycles. The number of benzene rings is 1. The number of methoxy groups -OCH3 is 1. The maximum absolute atomic E-state index is 12.2. The normalized spacial score (nSPS) is 15.6. The van der Waals surface area contributed by atoms with Crippen LogP contribution in [0.3, 0.4) is 0 Å². The summed E-state index contributed by atoms with van der Waals surface area (Å²) in [4.78, 5) is 28.5. The van der Waals surface area contributed by atoms with Crippen LogP contribution < -0.4 is 15.4 Å². The minimum absolute atomic E-state index is 0.0185. The third-order valence-corrected chi connectivity index (χ3v) is 4.58. The molecule has 1 aromatic rings. The summed E-state index contributed by atoms with van der Waals surface area (Å²) in [6, 6.07) is 7.40. The second-order valence-electron chi connectivity index (χ2n) is 7.31. The second-order valence-corrected chi connectivity index (χ2v) is 7.31. The summed E-state index contributed by atoms with van der Waals surface area (Å²) in [5.74, 6) is 1.20.